The Morgan fingerprint density at radius 1 is 1.19 bits per heavy atom. The Kier molecular flexibility index (Phi) is 8.39. The van der Waals surface area contributed by atoms with Gasteiger partial charge < -0.3 is 31.6 Å². The molecule has 1 heterocycles. The number of nitrogens with zero attached hydrogens (tertiary/aromatic N) is 1. The second-order valence-corrected chi connectivity index (χ2v) is 6.45. The van der Waals surface area contributed by atoms with Gasteiger partial charge in [-0.25, -0.2) is 9.78 Å². The summed E-state index contributed by atoms with van der Waals surface area (Å²) in [5, 5.41) is 22.6. The molecule has 0 unspecified atom stereocenters. The normalized spacial score (nSPS) is 14.2. The lowest BCUT2D eigenvalue weighted by Crippen LogP contribution is -2.56. The van der Waals surface area contributed by atoms with Crippen LogP contribution in [0.2, 0.25) is 0 Å². The minimum atomic E-state index is -1.37. The Balaban J connectivity index is 2.71. The van der Waals surface area contributed by atoms with Gasteiger partial charge in [0.05, 0.1) is 12.4 Å². The molecular weight excluding hydrogens is 358 g/mol. The Hall–Kier alpha value is -2.95. The van der Waals surface area contributed by atoms with Gasteiger partial charge in [-0.2, -0.15) is 0 Å². The number of aromatic amines is 1. The smallest absolute Gasteiger partial charge is 0.326 e. The molecule has 0 spiro atoms. The number of amides is 2. The highest BCUT2D eigenvalue weighted by Crippen LogP contribution is 2.06. The summed E-state index contributed by atoms with van der Waals surface area (Å²) < 4.78 is 0. The summed E-state index contributed by atoms with van der Waals surface area (Å²) in [5.74, 6) is -4.16. The minimum absolute atomic E-state index is 0.189. The SMILES string of the molecule is CC(C)[C@H](NC(=O)[C@@H](N)Cc1cnc[nH]1)C(=O)N[C@@H](CCC(=O)O)C(=O)O. The molecule has 0 bridgehead atoms. The van der Waals surface area contributed by atoms with E-state index in [1.54, 1.807) is 13.8 Å². The van der Waals surface area contributed by atoms with Crippen LogP contribution in [0.1, 0.15) is 32.4 Å². The maximum Gasteiger partial charge on any atom is 0.326 e. The number of nitrogens with one attached hydrogen (secondary N) is 3. The van der Waals surface area contributed by atoms with E-state index in [0.717, 1.165) is 0 Å². The van der Waals surface area contributed by atoms with Crippen LogP contribution in [0.5, 0.6) is 0 Å². The molecule has 0 aliphatic heterocycles. The fourth-order valence-corrected chi connectivity index (χ4v) is 2.31. The van der Waals surface area contributed by atoms with Crippen LogP contribution < -0.4 is 16.4 Å². The molecule has 27 heavy (non-hydrogen) atoms. The van der Waals surface area contributed by atoms with Crippen molar-refractivity contribution in [2.24, 2.45) is 11.7 Å². The number of imidazole rings is 1. The summed E-state index contributed by atoms with van der Waals surface area (Å²) in [6, 6.07) is -3.32. The average molecular weight is 383 g/mol. The molecule has 0 saturated heterocycles. The van der Waals surface area contributed by atoms with Crippen LogP contribution in [0, 0.1) is 5.92 Å². The highest BCUT2D eigenvalue weighted by atomic mass is 16.4. The number of carbonyl (C=O) groups is 4. The molecule has 150 valence electrons. The van der Waals surface area contributed by atoms with E-state index in [9.17, 15) is 19.2 Å². The minimum Gasteiger partial charge on any atom is -0.481 e. The zero-order valence-corrected chi connectivity index (χ0v) is 15.1. The zero-order chi connectivity index (χ0) is 20.6. The second kappa shape index (κ2) is 10.3. The second-order valence-electron chi connectivity index (χ2n) is 6.45. The fourth-order valence-electron chi connectivity index (χ4n) is 2.31. The van der Waals surface area contributed by atoms with Crippen LogP contribution in [0.15, 0.2) is 12.5 Å². The third-order valence-electron chi connectivity index (χ3n) is 3.84. The molecule has 11 heteroatoms. The lowest BCUT2D eigenvalue weighted by atomic mass is 10.0. The molecule has 0 fully saturated rings. The first kappa shape index (κ1) is 22.1. The first-order chi connectivity index (χ1) is 12.6. The van der Waals surface area contributed by atoms with Crippen LogP contribution in [0.25, 0.3) is 0 Å². The van der Waals surface area contributed by atoms with Gasteiger partial charge in [0.25, 0.3) is 0 Å². The maximum atomic E-state index is 12.4. The fraction of sp³-hybridized carbons (Fsp3) is 0.562. The molecule has 0 aromatic carbocycles. The molecule has 7 N–H and O–H groups in total. The Morgan fingerprint density at radius 3 is 2.33 bits per heavy atom. The molecule has 3 atom stereocenters. The van der Waals surface area contributed by atoms with E-state index in [-0.39, 0.29) is 18.8 Å². The molecule has 1 aromatic rings. The number of hydrogen-bond acceptors (Lipinski definition) is 6. The van der Waals surface area contributed by atoms with E-state index in [2.05, 4.69) is 20.6 Å². The first-order valence-corrected chi connectivity index (χ1v) is 8.40. The lowest BCUT2D eigenvalue weighted by molar-refractivity contribution is -0.143. The number of carboxylic acids is 2. The van der Waals surface area contributed by atoms with E-state index >= 15 is 0 Å². The lowest BCUT2D eigenvalue weighted by Gasteiger charge is -2.25. The number of hydrogen-bond donors (Lipinski definition) is 6. The van der Waals surface area contributed by atoms with Gasteiger partial charge in [-0.3, -0.25) is 14.4 Å². The van der Waals surface area contributed by atoms with Crippen molar-refractivity contribution < 1.29 is 29.4 Å². The predicted octanol–water partition coefficient (Wildman–Crippen LogP) is -1.15. The van der Waals surface area contributed by atoms with Crippen molar-refractivity contribution in [3.8, 4) is 0 Å². The van der Waals surface area contributed by atoms with E-state index in [1.165, 1.54) is 12.5 Å². The highest BCUT2D eigenvalue weighted by Gasteiger charge is 2.30. The number of H-pyrrole nitrogens is 1. The molecule has 0 aliphatic rings. The number of carbonyl (C=O) groups excluding carboxylic acids is 2. The Morgan fingerprint density at radius 2 is 1.85 bits per heavy atom. The van der Waals surface area contributed by atoms with Gasteiger partial charge in [0.2, 0.25) is 11.8 Å². The van der Waals surface area contributed by atoms with Crippen molar-refractivity contribution in [3.05, 3.63) is 18.2 Å². The maximum absolute atomic E-state index is 12.4. The van der Waals surface area contributed by atoms with Crippen LogP contribution in [-0.4, -0.2) is 62.1 Å². The molecule has 0 saturated carbocycles. The summed E-state index contributed by atoms with van der Waals surface area (Å²) in [4.78, 5) is 53.2. The molecule has 1 aromatic heterocycles. The van der Waals surface area contributed by atoms with Crippen molar-refractivity contribution >= 4 is 23.8 Å². The average Bonchev–Trinajstić information content (AvgIpc) is 3.07. The van der Waals surface area contributed by atoms with Crippen molar-refractivity contribution in [1.82, 2.24) is 20.6 Å². The topological polar surface area (TPSA) is 187 Å². The first-order valence-electron chi connectivity index (χ1n) is 8.40. The third kappa shape index (κ3) is 7.44. The monoisotopic (exact) mass is 383 g/mol. The summed E-state index contributed by atoms with van der Waals surface area (Å²) in [6.45, 7) is 3.36. The quantitative estimate of drug-likeness (QED) is 0.276. The molecule has 1 rings (SSSR count). The van der Waals surface area contributed by atoms with Gasteiger partial charge in [0, 0.05) is 24.7 Å². The van der Waals surface area contributed by atoms with Crippen LogP contribution >= 0.6 is 0 Å². The largest absolute Gasteiger partial charge is 0.481 e. The van der Waals surface area contributed by atoms with Gasteiger partial charge >= 0.3 is 11.9 Å². The number of aromatic nitrogens is 2. The van der Waals surface area contributed by atoms with E-state index in [1.807, 2.05) is 0 Å². The molecular formula is C16H25N5O6. The van der Waals surface area contributed by atoms with E-state index in [4.69, 9.17) is 15.9 Å². The van der Waals surface area contributed by atoms with Crippen molar-refractivity contribution in [1.29, 1.82) is 0 Å². The van der Waals surface area contributed by atoms with Gasteiger partial charge in [-0.15, -0.1) is 0 Å². The van der Waals surface area contributed by atoms with Gasteiger partial charge in [0.15, 0.2) is 0 Å². The number of rotatable bonds is 11. The highest BCUT2D eigenvalue weighted by molar-refractivity contribution is 5.92. The van der Waals surface area contributed by atoms with Crippen LogP contribution in [0.4, 0.5) is 0 Å². The molecule has 11 nitrogen and oxygen atoms in total. The van der Waals surface area contributed by atoms with Crippen LogP contribution in [-0.2, 0) is 25.6 Å². The molecule has 0 radical (unpaired) electrons. The van der Waals surface area contributed by atoms with Gasteiger partial charge in [-0.1, -0.05) is 13.8 Å². The third-order valence-corrected chi connectivity index (χ3v) is 3.84. The van der Waals surface area contributed by atoms with E-state index in [0.29, 0.717) is 5.69 Å². The molecule has 0 aliphatic carbocycles. The van der Waals surface area contributed by atoms with E-state index < -0.39 is 48.3 Å². The predicted molar refractivity (Wildman–Crippen MR) is 93.5 cm³/mol. The molecule has 2 amide bonds. The Bertz CT molecular complexity index is 660. The number of carboxylic acid groups (broad SMARTS) is 2. The van der Waals surface area contributed by atoms with Crippen molar-refractivity contribution in [3.63, 3.8) is 0 Å². The number of aliphatic carboxylic acids is 2. The summed E-state index contributed by atoms with van der Waals surface area (Å²) in [5.41, 5.74) is 6.49. The summed E-state index contributed by atoms with van der Waals surface area (Å²) in [6.07, 6.45) is 2.49. The summed E-state index contributed by atoms with van der Waals surface area (Å²) >= 11 is 0. The standard InChI is InChI=1S/C16H25N5O6/c1-8(2)13(15(25)20-11(16(26)27)3-4-12(22)23)21-14(24)10(17)5-9-6-18-7-19-9/h6-8,10-11,13H,3-5,17H2,1-2H3,(H,18,19)(H,20,25)(H,21,24)(H,22,23)(H,26,27)/t10-,11-,13-/m0/s1. The van der Waals surface area contributed by atoms with Crippen molar-refractivity contribution in [2.45, 2.75) is 51.2 Å². The number of nitrogens with two attached hydrogens (primary N) is 1. The Labute approximate surface area is 155 Å². The zero-order valence-electron chi connectivity index (χ0n) is 15.1. The van der Waals surface area contributed by atoms with Crippen molar-refractivity contribution in [2.75, 3.05) is 0 Å². The van der Waals surface area contributed by atoms with Gasteiger partial charge in [0.1, 0.15) is 12.1 Å². The van der Waals surface area contributed by atoms with Gasteiger partial charge in [-0.05, 0) is 12.3 Å². The summed E-state index contributed by atoms with van der Waals surface area (Å²) in [7, 11) is 0. The van der Waals surface area contributed by atoms with Crippen LogP contribution in [0.3, 0.4) is 0 Å².